The van der Waals surface area contributed by atoms with Gasteiger partial charge in [0.2, 0.25) is 0 Å². The first-order valence-electron chi connectivity index (χ1n) is 1.40. The molecule has 0 amide bonds. The Bertz CT molecular complexity index is 217. The monoisotopic (exact) mass is 329 g/mol. The zero-order chi connectivity index (χ0) is 9.00. The quantitative estimate of drug-likeness (QED) is 0.270. The molecule has 13 heteroatoms. The van der Waals surface area contributed by atoms with Crippen LogP contribution in [0.2, 0.25) is 0 Å². The third-order valence-corrected chi connectivity index (χ3v) is 0. The van der Waals surface area contributed by atoms with Crippen LogP contribution in [-0.4, -0.2) is 35.0 Å². The molecule has 13 heavy (non-hydrogen) atoms. The van der Waals surface area contributed by atoms with Gasteiger partial charge >= 0.3 is 20.8 Å². The van der Waals surface area contributed by atoms with Gasteiger partial charge < -0.3 is 6.15 Å². The van der Waals surface area contributed by atoms with E-state index in [0.29, 0.717) is 0 Å². The van der Waals surface area contributed by atoms with Gasteiger partial charge in [-0.15, -0.1) is 0 Å². The molecule has 0 unspecified atom stereocenters. The minimum Gasteiger partial charge on any atom is -0.344 e. The summed E-state index contributed by atoms with van der Waals surface area (Å²) in [6.07, 6.45) is 0. The van der Waals surface area contributed by atoms with E-state index in [2.05, 4.69) is 0 Å². The van der Waals surface area contributed by atoms with Crippen LogP contribution in [-0.2, 0) is 53.8 Å². The molecule has 0 fully saturated rings. The molecule has 0 radical (unpaired) electrons. The van der Waals surface area contributed by atoms with Crippen LogP contribution in [0.4, 0.5) is 0 Å². The second kappa shape index (κ2) is 10.8. The van der Waals surface area contributed by atoms with Gasteiger partial charge in [0.1, 0.15) is 0 Å². The predicted molar refractivity (Wildman–Crippen MR) is 33.4 cm³/mol. The van der Waals surface area contributed by atoms with Crippen molar-refractivity contribution >= 4 is 20.8 Å². The van der Waals surface area contributed by atoms with Crippen LogP contribution in [0, 0.1) is 0 Å². The Morgan fingerprint density at radius 3 is 0.615 bits per heavy atom. The minimum absolute atomic E-state index is 0. The van der Waals surface area contributed by atoms with Crippen LogP contribution < -0.4 is 6.15 Å². The van der Waals surface area contributed by atoms with Gasteiger partial charge in [0.25, 0.3) is 0 Å². The van der Waals surface area contributed by atoms with E-state index in [4.69, 9.17) is 35.0 Å². The third kappa shape index (κ3) is 3070. The summed E-state index contributed by atoms with van der Waals surface area (Å²) in [5, 5.41) is 0. The van der Waals surface area contributed by atoms with Crippen molar-refractivity contribution in [1.82, 2.24) is 6.15 Å². The normalized spacial score (nSPS) is 8.92. The molecule has 7 N–H and O–H groups in total. The average molecular weight is 331 g/mol. The summed E-state index contributed by atoms with van der Waals surface area (Å²) in [4.78, 5) is 0. The van der Waals surface area contributed by atoms with Crippen molar-refractivity contribution < 1.29 is 68.0 Å². The van der Waals surface area contributed by atoms with Gasteiger partial charge in [0.05, 0.1) is 0 Å². The van der Waals surface area contributed by atoms with Crippen LogP contribution in [0.1, 0.15) is 0 Å². The molecule has 0 rings (SSSR count). The Morgan fingerprint density at radius 1 is 0.615 bits per heavy atom. The van der Waals surface area contributed by atoms with Crippen LogP contribution in [0.3, 0.4) is 0 Å². The largest absolute Gasteiger partial charge is 0.394 e. The topological polar surface area (TPSA) is 184 Å². The summed E-state index contributed by atoms with van der Waals surface area (Å²) in [6.45, 7) is 0. The van der Waals surface area contributed by atoms with Gasteiger partial charge in [0.15, 0.2) is 0 Å². The van der Waals surface area contributed by atoms with E-state index in [0.717, 1.165) is 0 Å². The minimum atomic E-state index is -4.67. The summed E-state index contributed by atoms with van der Waals surface area (Å²) >= 11 is 0. The Hall–Kier alpha value is 0.687. The second-order valence-electron chi connectivity index (χ2n) is 0.896. The van der Waals surface area contributed by atoms with Crippen LogP contribution in [0.15, 0.2) is 0 Å². The van der Waals surface area contributed by atoms with E-state index in [-0.39, 0.29) is 39.1 Å². The molecule has 0 aliphatic rings. The van der Waals surface area contributed by atoms with Crippen molar-refractivity contribution in [3.8, 4) is 0 Å². The molecule has 0 aromatic carbocycles. The molecule has 0 aliphatic heterocycles. The van der Waals surface area contributed by atoms with Gasteiger partial charge in [-0.2, -0.15) is 16.8 Å². The molecule has 0 atom stereocenters. The third-order valence-electron chi connectivity index (χ3n) is 0. The molecule has 0 saturated carbocycles. The Balaban J connectivity index is -0.0000000267. The molecule has 0 heterocycles. The first kappa shape index (κ1) is 29.2. The maximum atomic E-state index is 8.74. The smallest absolute Gasteiger partial charge is 0.344 e. The van der Waals surface area contributed by atoms with E-state index in [1.807, 2.05) is 0 Å². The molecule has 92 valence electrons. The average Bonchev–Trinajstić information content (AvgIpc) is 1.12. The number of hydrogen-bond donors (Lipinski definition) is 5. The van der Waals surface area contributed by atoms with Crippen LogP contribution in [0.5, 0.6) is 0 Å². The molecule has 0 aliphatic carbocycles. The number of hydrogen-bond acceptors (Lipinski definition) is 5. The molecule has 0 saturated heterocycles. The first-order chi connectivity index (χ1) is 4.00. The number of rotatable bonds is 0. The maximum absolute atomic E-state index is 8.74. The van der Waals surface area contributed by atoms with E-state index >= 15 is 0 Å². The van der Waals surface area contributed by atoms with Gasteiger partial charge in [-0.05, 0) is 0 Å². The van der Waals surface area contributed by atoms with Crippen molar-refractivity contribution in [2.24, 2.45) is 0 Å². The van der Waals surface area contributed by atoms with Crippen molar-refractivity contribution in [3.05, 3.63) is 0 Å². The van der Waals surface area contributed by atoms with Gasteiger partial charge in [-0.1, -0.05) is 0 Å². The fraction of sp³-hybridized carbons (Fsp3) is 0. The Kier molecular flexibility index (Phi) is 24.2. The SMILES string of the molecule is N.O=S(=O)(O)O.O=S(=O)(O)O.[Ni].[Ni]. The summed E-state index contributed by atoms with van der Waals surface area (Å²) in [5.41, 5.74) is 0. The van der Waals surface area contributed by atoms with Crippen molar-refractivity contribution in [2.75, 3.05) is 0 Å². The molecule has 0 bridgehead atoms. The summed E-state index contributed by atoms with van der Waals surface area (Å²) in [6, 6.07) is 0. The zero-order valence-corrected chi connectivity index (χ0v) is 9.19. The fourth-order valence-electron chi connectivity index (χ4n) is 0. The van der Waals surface area contributed by atoms with Gasteiger partial charge in [-0.25, -0.2) is 0 Å². The summed E-state index contributed by atoms with van der Waals surface area (Å²) in [5.74, 6) is 0. The molecule has 9 nitrogen and oxygen atoms in total. The second-order valence-corrected chi connectivity index (χ2v) is 2.69. The summed E-state index contributed by atoms with van der Waals surface area (Å²) in [7, 11) is -9.33. The van der Waals surface area contributed by atoms with Crippen molar-refractivity contribution in [3.63, 3.8) is 0 Å². The van der Waals surface area contributed by atoms with Crippen LogP contribution in [0.25, 0.3) is 0 Å². The Morgan fingerprint density at radius 2 is 0.615 bits per heavy atom. The maximum Gasteiger partial charge on any atom is 0.394 e. The van der Waals surface area contributed by atoms with E-state index in [9.17, 15) is 0 Å². The molecular weight excluding hydrogens is 324 g/mol. The molecule has 0 spiro atoms. The van der Waals surface area contributed by atoms with Crippen LogP contribution >= 0.6 is 0 Å². The standard InChI is InChI=1S/H3N.2Ni.2H2O4S/c;;;2*1-5(2,3)4/h1H3;;;2*(H2,1,2,3,4). The zero-order valence-electron chi connectivity index (χ0n) is 5.58. The van der Waals surface area contributed by atoms with Gasteiger partial charge in [0, 0.05) is 33.0 Å². The first-order valence-corrected chi connectivity index (χ1v) is 4.19. The van der Waals surface area contributed by atoms with Crippen molar-refractivity contribution in [2.45, 2.75) is 0 Å². The summed E-state index contributed by atoms with van der Waals surface area (Å²) < 4.78 is 63.2. The van der Waals surface area contributed by atoms with E-state index in [1.54, 1.807) is 0 Å². The van der Waals surface area contributed by atoms with Gasteiger partial charge in [-0.3, -0.25) is 18.2 Å². The molecular formula is H7NNi2O8S2. The molecule has 0 aromatic heterocycles. The predicted octanol–water partition coefficient (Wildman–Crippen LogP) is -1.15. The van der Waals surface area contributed by atoms with Crippen molar-refractivity contribution in [1.29, 1.82) is 0 Å². The molecule has 0 aromatic rings. The fourth-order valence-corrected chi connectivity index (χ4v) is 0. The Labute approximate surface area is 94.9 Å². The van der Waals surface area contributed by atoms with E-state index in [1.165, 1.54) is 0 Å². The van der Waals surface area contributed by atoms with E-state index < -0.39 is 20.8 Å².